The lowest BCUT2D eigenvalue weighted by atomic mass is 10.0. The minimum absolute atomic E-state index is 0.0370. The van der Waals surface area contributed by atoms with E-state index in [1.54, 1.807) is 0 Å². The monoisotopic (exact) mass is 350 g/mol. The van der Waals surface area contributed by atoms with Crippen LogP contribution in [-0.4, -0.2) is 35.8 Å². The normalized spacial score (nSPS) is 15.3. The summed E-state index contributed by atoms with van der Waals surface area (Å²) in [4.78, 5) is 27.4. The molecule has 4 nitrogen and oxygen atoms in total. The highest BCUT2D eigenvalue weighted by atomic mass is 16.2. The number of carbonyl (C=O) groups excluding carboxylic acids is 2. The zero-order valence-electron chi connectivity index (χ0n) is 15.1. The van der Waals surface area contributed by atoms with E-state index in [1.807, 2.05) is 65.6 Å². The summed E-state index contributed by atoms with van der Waals surface area (Å²) < 4.78 is 0. The number of nitrogens with zero attached hydrogens (tertiary/aromatic N) is 1. The lowest BCUT2D eigenvalue weighted by molar-refractivity contribution is -0.137. The highest BCUT2D eigenvalue weighted by molar-refractivity contribution is 5.88. The van der Waals surface area contributed by atoms with Gasteiger partial charge in [-0.15, -0.1) is 0 Å². The number of benzene rings is 2. The minimum Gasteiger partial charge on any atom is -0.344 e. The lowest BCUT2D eigenvalue weighted by Gasteiger charge is -2.31. The largest absolute Gasteiger partial charge is 0.344 e. The molecule has 0 bridgehead atoms. The molecule has 2 aromatic rings. The molecule has 1 aliphatic heterocycles. The minimum atomic E-state index is -0.508. The maximum atomic E-state index is 13.0. The molecule has 1 unspecified atom stereocenters. The summed E-state index contributed by atoms with van der Waals surface area (Å²) in [6.07, 6.45) is 4.08. The van der Waals surface area contributed by atoms with Gasteiger partial charge in [-0.3, -0.25) is 9.59 Å². The molecule has 0 radical (unpaired) electrons. The van der Waals surface area contributed by atoms with Crippen LogP contribution in [0.15, 0.2) is 60.7 Å². The number of hydrogen-bond acceptors (Lipinski definition) is 2. The van der Waals surface area contributed by atoms with Crippen LogP contribution in [0.5, 0.6) is 0 Å². The van der Waals surface area contributed by atoms with Crippen molar-refractivity contribution >= 4 is 11.8 Å². The first kappa shape index (κ1) is 18.2. The molecule has 2 amide bonds. The third-order valence-corrected chi connectivity index (χ3v) is 4.79. The van der Waals surface area contributed by atoms with E-state index in [0.717, 1.165) is 37.1 Å². The van der Waals surface area contributed by atoms with E-state index >= 15 is 0 Å². The van der Waals surface area contributed by atoms with Gasteiger partial charge in [0, 0.05) is 19.5 Å². The van der Waals surface area contributed by atoms with E-state index in [9.17, 15) is 9.59 Å². The van der Waals surface area contributed by atoms with Crippen LogP contribution in [0.1, 0.15) is 30.4 Å². The number of hydrogen-bond donors (Lipinski definition) is 1. The Morgan fingerprint density at radius 2 is 1.42 bits per heavy atom. The fourth-order valence-electron chi connectivity index (χ4n) is 3.41. The summed E-state index contributed by atoms with van der Waals surface area (Å²) in [6.45, 7) is 1.58. The third-order valence-electron chi connectivity index (χ3n) is 4.79. The van der Waals surface area contributed by atoms with Gasteiger partial charge in [-0.2, -0.15) is 0 Å². The predicted octanol–water partition coefficient (Wildman–Crippen LogP) is 2.97. The molecule has 0 saturated carbocycles. The molecular formula is C22H26N2O2. The quantitative estimate of drug-likeness (QED) is 0.871. The second kappa shape index (κ2) is 9.18. The molecule has 1 aliphatic rings. The molecule has 1 fully saturated rings. The second-order valence-electron chi connectivity index (χ2n) is 6.86. The first-order chi connectivity index (χ1) is 12.7. The Labute approximate surface area is 155 Å². The van der Waals surface area contributed by atoms with Gasteiger partial charge in [-0.05, 0) is 30.4 Å². The molecule has 0 spiro atoms. The standard InChI is InChI=1S/C22H26N2O2/c25-21(17-19-12-6-2-7-13-19)23-20(16-18-10-4-1-5-11-18)22(26)24-14-8-3-9-15-24/h1-2,4-7,10-13,20H,3,8-9,14-17H2,(H,23,25). The van der Waals surface area contributed by atoms with E-state index in [-0.39, 0.29) is 11.8 Å². The van der Waals surface area contributed by atoms with Gasteiger partial charge < -0.3 is 10.2 Å². The smallest absolute Gasteiger partial charge is 0.245 e. The lowest BCUT2D eigenvalue weighted by Crippen LogP contribution is -2.51. The van der Waals surface area contributed by atoms with E-state index in [4.69, 9.17) is 0 Å². The first-order valence-corrected chi connectivity index (χ1v) is 9.38. The van der Waals surface area contributed by atoms with Crippen molar-refractivity contribution in [1.29, 1.82) is 0 Å². The molecule has 3 rings (SSSR count). The summed E-state index contributed by atoms with van der Waals surface area (Å²) in [5.41, 5.74) is 2.01. The Balaban J connectivity index is 1.69. The van der Waals surface area contributed by atoms with Gasteiger partial charge in [0.1, 0.15) is 6.04 Å². The topological polar surface area (TPSA) is 49.4 Å². The summed E-state index contributed by atoms with van der Waals surface area (Å²) >= 11 is 0. The van der Waals surface area contributed by atoms with Gasteiger partial charge in [-0.25, -0.2) is 0 Å². The molecule has 4 heteroatoms. The van der Waals surface area contributed by atoms with Crippen molar-refractivity contribution in [3.05, 3.63) is 71.8 Å². The van der Waals surface area contributed by atoms with E-state index < -0.39 is 6.04 Å². The number of amides is 2. The maximum Gasteiger partial charge on any atom is 0.245 e. The number of carbonyl (C=O) groups is 2. The molecule has 1 saturated heterocycles. The zero-order chi connectivity index (χ0) is 18.2. The molecule has 0 aliphatic carbocycles. The van der Waals surface area contributed by atoms with Crippen LogP contribution in [0, 0.1) is 0 Å². The van der Waals surface area contributed by atoms with Crippen molar-refractivity contribution in [2.75, 3.05) is 13.1 Å². The average molecular weight is 350 g/mol. The van der Waals surface area contributed by atoms with Crippen LogP contribution < -0.4 is 5.32 Å². The van der Waals surface area contributed by atoms with Crippen LogP contribution in [0.25, 0.3) is 0 Å². The van der Waals surface area contributed by atoms with E-state index in [0.29, 0.717) is 12.8 Å². The van der Waals surface area contributed by atoms with Gasteiger partial charge >= 0.3 is 0 Å². The fraction of sp³-hybridized carbons (Fsp3) is 0.364. The highest BCUT2D eigenvalue weighted by Crippen LogP contribution is 2.13. The Bertz CT molecular complexity index is 709. The molecule has 1 atom stereocenters. The SMILES string of the molecule is O=C(Cc1ccccc1)NC(Cc1ccccc1)C(=O)N1CCCCC1. The van der Waals surface area contributed by atoms with Gasteiger partial charge in [0.25, 0.3) is 0 Å². The second-order valence-corrected chi connectivity index (χ2v) is 6.86. The van der Waals surface area contributed by atoms with Crippen molar-refractivity contribution in [2.24, 2.45) is 0 Å². The van der Waals surface area contributed by atoms with Crippen molar-refractivity contribution in [2.45, 2.75) is 38.1 Å². The van der Waals surface area contributed by atoms with Gasteiger partial charge in [-0.1, -0.05) is 60.7 Å². The van der Waals surface area contributed by atoms with Crippen molar-refractivity contribution < 1.29 is 9.59 Å². The molecule has 26 heavy (non-hydrogen) atoms. The fourth-order valence-corrected chi connectivity index (χ4v) is 3.41. The van der Waals surface area contributed by atoms with Crippen molar-refractivity contribution in [3.63, 3.8) is 0 Å². The van der Waals surface area contributed by atoms with Crippen molar-refractivity contribution in [3.8, 4) is 0 Å². The Hall–Kier alpha value is -2.62. The van der Waals surface area contributed by atoms with Gasteiger partial charge in [0.15, 0.2) is 0 Å². The van der Waals surface area contributed by atoms with Crippen LogP contribution in [0.2, 0.25) is 0 Å². The number of likely N-dealkylation sites (tertiary alicyclic amines) is 1. The summed E-state index contributed by atoms with van der Waals surface area (Å²) in [7, 11) is 0. The Morgan fingerprint density at radius 1 is 0.846 bits per heavy atom. The average Bonchev–Trinajstić information content (AvgIpc) is 2.69. The Kier molecular flexibility index (Phi) is 6.42. The van der Waals surface area contributed by atoms with Crippen LogP contribution in [0.3, 0.4) is 0 Å². The summed E-state index contributed by atoms with van der Waals surface area (Å²) in [5.74, 6) is -0.0718. The molecule has 0 aromatic heterocycles. The van der Waals surface area contributed by atoms with E-state index in [1.165, 1.54) is 6.42 Å². The maximum absolute atomic E-state index is 13.0. The summed E-state index contributed by atoms with van der Waals surface area (Å²) in [6, 6.07) is 19.0. The zero-order valence-corrected chi connectivity index (χ0v) is 15.1. The number of piperidine rings is 1. The molecule has 2 aromatic carbocycles. The number of nitrogens with one attached hydrogen (secondary N) is 1. The van der Waals surface area contributed by atoms with Crippen molar-refractivity contribution in [1.82, 2.24) is 10.2 Å². The Morgan fingerprint density at radius 3 is 2.04 bits per heavy atom. The van der Waals surface area contributed by atoms with Crippen LogP contribution in [0.4, 0.5) is 0 Å². The highest BCUT2D eigenvalue weighted by Gasteiger charge is 2.27. The number of rotatable bonds is 6. The van der Waals surface area contributed by atoms with E-state index in [2.05, 4.69) is 5.32 Å². The predicted molar refractivity (Wildman–Crippen MR) is 103 cm³/mol. The molecule has 1 heterocycles. The molecule has 136 valence electrons. The third kappa shape index (κ3) is 5.19. The molecule has 1 N–H and O–H groups in total. The van der Waals surface area contributed by atoms with Gasteiger partial charge in [0.05, 0.1) is 6.42 Å². The van der Waals surface area contributed by atoms with Crippen LogP contribution in [-0.2, 0) is 22.4 Å². The summed E-state index contributed by atoms with van der Waals surface area (Å²) in [5, 5.41) is 2.98. The van der Waals surface area contributed by atoms with Gasteiger partial charge in [0.2, 0.25) is 11.8 Å². The molecular weight excluding hydrogens is 324 g/mol. The van der Waals surface area contributed by atoms with Crippen LogP contribution >= 0.6 is 0 Å². The first-order valence-electron chi connectivity index (χ1n) is 9.38.